The minimum atomic E-state index is -0.750. The number of hydrogen-bond donors (Lipinski definition) is 2. The molecule has 5 nitrogen and oxygen atoms in total. The molecule has 0 fully saturated rings. The molecule has 1 rings (SSSR count). The number of carbonyl (C=O) groups is 1. The van der Waals surface area contributed by atoms with Gasteiger partial charge in [-0.1, -0.05) is 6.92 Å². The Morgan fingerprint density at radius 1 is 1.41 bits per heavy atom. The summed E-state index contributed by atoms with van der Waals surface area (Å²) in [7, 11) is 0. The van der Waals surface area contributed by atoms with Crippen molar-refractivity contribution in [2.45, 2.75) is 33.6 Å². The largest absolute Gasteiger partial charge is 0.481 e. The van der Waals surface area contributed by atoms with E-state index in [0.29, 0.717) is 18.9 Å². The van der Waals surface area contributed by atoms with E-state index in [2.05, 4.69) is 15.3 Å². The highest BCUT2D eigenvalue weighted by Crippen LogP contribution is 2.08. The van der Waals surface area contributed by atoms with E-state index in [1.54, 1.807) is 0 Å². The summed E-state index contributed by atoms with van der Waals surface area (Å²) in [4.78, 5) is 18.9. The monoisotopic (exact) mass is 237 g/mol. The first-order chi connectivity index (χ1) is 7.97. The number of nitrogens with zero attached hydrogens (tertiary/aromatic N) is 2. The number of nitrogens with one attached hydrogen (secondary N) is 1. The maximum Gasteiger partial charge on any atom is 0.303 e. The van der Waals surface area contributed by atoms with Crippen molar-refractivity contribution in [3.05, 3.63) is 17.5 Å². The van der Waals surface area contributed by atoms with Gasteiger partial charge in [0.2, 0.25) is 5.95 Å². The summed E-state index contributed by atoms with van der Waals surface area (Å²) in [6.45, 7) is 6.55. The van der Waals surface area contributed by atoms with E-state index >= 15 is 0 Å². The molecule has 0 aliphatic rings. The van der Waals surface area contributed by atoms with E-state index < -0.39 is 5.97 Å². The average molecular weight is 237 g/mol. The summed E-state index contributed by atoms with van der Waals surface area (Å²) >= 11 is 0. The van der Waals surface area contributed by atoms with Gasteiger partial charge >= 0.3 is 5.97 Å². The number of aromatic nitrogens is 2. The van der Waals surface area contributed by atoms with Crippen molar-refractivity contribution in [1.29, 1.82) is 0 Å². The molecule has 1 aromatic rings. The molecule has 1 heterocycles. The first-order valence-corrected chi connectivity index (χ1v) is 5.75. The fraction of sp³-hybridized carbons (Fsp3) is 0.583. The summed E-state index contributed by atoms with van der Waals surface area (Å²) in [5.74, 6) is 0.152. The van der Waals surface area contributed by atoms with Gasteiger partial charge in [0.05, 0.1) is 0 Å². The van der Waals surface area contributed by atoms with E-state index in [4.69, 9.17) is 5.11 Å². The molecule has 0 aliphatic heterocycles. The molecular weight excluding hydrogens is 218 g/mol. The number of aliphatic carboxylic acids is 1. The van der Waals surface area contributed by atoms with Gasteiger partial charge in [-0.25, -0.2) is 9.97 Å². The fourth-order valence-electron chi connectivity index (χ4n) is 1.54. The highest BCUT2D eigenvalue weighted by Gasteiger charge is 2.06. The lowest BCUT2D eigenvalue weighted by atomic mass is 10.1. The third-order valence-corrected chi connectivity index (χ3v) is 2.44. The van der Waals surface area contributed by atoms with Crippen LogP contribution in [0.25, 0.3) is 0 Å². The molecule has 0 aromatic carbocycles. The van der Waals surface area contributed by atoms with Crippen LogP contribution in [0.3, 0.4) is 0 Å². The molecule has 0 saturated heterocycles. The van der Waals surface area contributed by atoms with Gasteiger partial charge in [-0.15, -0.1) is 0 Å². The molecule has 1 atom stereocenters. The molecule has 0 amide bonds. The number of anilines is 1. The molecule has 2 N–H and O–H groups in total. The van der Waals surface area contributed by atoms with Crippen LogP contribution in [0.4, 0.5) is 5.95 Å². The average Bonchev–Trinajstić information content (AvgIpc) is 2.22. The van der Waals surface area contributed by atoms with Crippen molar-refractivity contribution in [2.24, 2.45) is 5.92 Å². The summed E-state index contributed by atoms with van der Waals surface area (Å²) in [5.41, 5.74) is 1.86. The van der Waals surface area contributed by atoms with Crippen LogP contribution in [-0.4, -0.2) is 27.6 Å². The van der Waals surface area contributed by atoms with Crippen LogP contribution in [0.15, 0.2) is 6.07 Å². The third kappa shape index (κ3) is 5.29. The molecule has 1 aromatic heterocycles. The van der Waals surface area contributed by atoms with Gasteiger partial charge in [0, 0.05) is 24.4 Å². The second-order valence-electron chi connectivity index (χ2n) is 4.39. The van der Waals surface area contributed by atoms with E-state index in [-0.39, 0.29) is 12.3 Å². The van der Waals surface area contributed by atoms with Gasteiger partial charge in [-0.3, -0.25) is 4.79 Å². The first-order valence-electron chi connectivity index (χ1n) is 5.75. The van der Waals surface area contributed by atoms with Crippen molar-refractivity contribution < 1.29 is 9.90 Å². The third-order valence-electron chi connectivity index (χ3n) is 2.44. The summed E-state index contributed by atoms with van der Waals surface area (Å²) in [6, 6.07) is 1.92. The van der Waals surface area contributed by atoms with Gasteiger partial charge in [0.25, 0.3) is 0 Å². The first kappa shape index (κ1) is 13.4. The zero-order valence-corrected chi connectivity index (χ0v) is 10.5. The van der Waals surface area contributed by atoms with Crippen molar-refractivity contribution in [3.8, 4) is 0 Å². The van der Waals surface area contributed by atoms with Gasteiger partial charge in [-0.2, -0.15) is 0 Å². The minimum Gasteiger partial charge on any atom is -0.481 e. The van der Waals surface area contributed by atoms with E-state index in [1.807, 2.05) is 26.8 Å². The normalized spacial score (nSPS) is 12.2. The van der Waals surface area contributed by atoms with E-state index in [0.717, 1.165) is 11.4 Å². The molecule has 0 saturated carbocycles. The maximum absolute atomic E-state index is 10.4. The predicted molar refractivity (Wildman–Crippen MR) is 66.0 cm³/mol. The number of aryl methyl sites for hydroxylation is 2. The molecule has 0 aliphatic carbocycles. The number of carboxylic acid groups (broad SMARTS) is 1. The molecule has 1 unspecified atom stereocenters. The zero-order valence-electron chi connectivity index (χ0n) is 10.5. The summed E-state index contributed by atoms with van der Waals surface area (Å²) < 4.78 is 0. The van der Waals surface area contributed by atoms with Gasteiger partial charge in [0.1, 0.15) is 0 Å². The lowest BCUT2D eigenvalue weighted by Gasteiger charge is -2.11. The van der Waals surface area contributed by atoms with Gasteiger partial charge < -0.3 is 10.4 Å². The Morgan fingerprint density at radius 2 is 2.00 bits per heavy atom. The molecule has 5 heteroatoms. The molecule has 94 valence electrons. The molecule has 0 radical (unpaired) electrons. The predicted octanol–water partition coefficient (Wildman–Crippen LogP) is 2.01. The SMILES string of the molecule is Cc1cc(C)nc(NCC(C)CCC(=O)O)n1. The zero-order chi connectivity index (χ0) is 12.8. The van der Waals surface area contributed by atoms with Gasteiger partial charge in [-0.05, 0) is 32.3 Å². The molecule has 17 heavy (non-hydrogen) atoms. The Hall–Kier alpha value is -1.65. The molecule has 0 bridgehead atoms. The van der Waals surface area contributed by atoms with Crippen LogP contribution in [-0.2, 0) is 4.79 Å². The Kier molecular flexibility index (Phi) is 4.87. The van der Waals surface area contributed by atoms with Crippen molar-refractivity contribution in [1.82, 2.24) is 9.97 Å². The van der Waals surface area contributed by atoms with E-state index in [9.17, 15) is 4.79 Å². The number of carboxylic acids is 1. The standard InChI is InChI=1S/C12H19N3O2/c1-8(4-5-11(16)17)7-13-12-14-9(2)6-10(3)15-12/h6,8H,4-5,7H2,1-3H3,(H,16,17)(H,13,14,15). The van der Waals surface area contributed by atoms with Crippen molar-refractivity contribution in [2.75, 3.05) is 11.9 Å². The molecule has 0 spiro atoms. The maximum atomic E-state index is 10.4. The van der Waals surface area contributed by atoms with Crippen LogP contribution in [0.2, 0.25) is 0 Å². The second-order valence-corrected chi connectivity index (χ2v) is 4.39. The topological polar surface area (TPSA) is 75.1 Å². The van der Waals surface area contributed by atoms with Crippen molar-refractivity contribution in [3.63, 3.8) is 0 Å². The Morgan fingerprint density at radius 3 is 2.53 bits per heavy atom. The summed E-state index contributed by atoms with van der Waals surface area (Å²) in [5, 5.41) is 11.7. The minimum absolute atomic E-state index is 0.205. The Balaban J connectivity index is 2.41. The Bertz CT molecular complexity index is 373. The highest BCUT2D eigenvalue weighted by atomic mass is 16.4. The number of rotatable bonds is 6. The van der Waals surface area contributed by atoms with Crippen LogP contribution in [0.5, 0.6) is 0 Å². The lowest BCUT2D eigenvalue weighted by Crippen LogP contribution is -2.15. The van der Waals surface area contributed by atoms with E-state index in [1.165, 1.54) is 0 Å². The smallest absolute Gasteiger partial charge is 0.303 e. The summed E-state index contributed by atoms with van der Waals surface area (Å²) in [6.07, 6.45) is 0.865. The lowest BCUT2D eigenvalue weighted by molar-refractivity contribution is -0.137. The highest BCUT2D eigenvalue weighted by molar-refractivity contribution is 5.66. The Labute approximate surface area is 101 Å². The van der Waals surface area contributed by atoms with Crippen LogP contribution in [0.1, 0.15) is 31.2 Å². The quantitative estimate of drug-likeness (QED) is 0.791. The van der Waals surface area contributed by atoms with Crippen LogP contribution in [0, 0.1) is 19.8 Å². The van der Waals surface area contributed by atoms with Crippen molar-refractivity contribution >= 4 is 11.9 Å². The van der Waals surface area contributed by atoms with Gasteiger partial charge in [0.15, 0.2) is 0 Å². The van der Waals surface area contributed by atoms with Crippen LogP contribution < -0.4 is 5.32 Å². The van der Waals surface area contributed by atoms with Crippen LogP contribution >= 0.6 is 0 Å². The number of hydrogen-bond acceptors (Lipinski definition) is 4. The molecular formula is C12H19N3O2. The fourth-order valence-corrected chi connectivity index (χ4v) is 1.54. The second kappa shape index (κ2) is 6.18.